The Labute approximate surface area is 134 Å². The van der Waals surface area contributed by atoms with Gasteiger partial charge in [-0.05, 0) is 42.0 Å². The van der Waals surface area contributed by atoms with E-state index in [-0.39, 0.29) is 18.4 Å². The number of carboxylic acid groups (broad SMARTS) is 1. The van der Waals surface area contributed by atoms with Crippen LogP contribution in [0.3, 0.4) is 0 Å². The third-order valence-electron chi connectivity index (χ3n) is 3.65. The molecule has 0 bridgehead atoms. The Morgan fingerprint density at radius 1 is 1.27 bits per heavy atom. The molecule has 5 nitrogen and oxygen atoms in total. The maximum atomic E-state index is 12.4. The van der Waals surface area contributed by atoms with E-state index in [2.05, 4.69) is 0 Å². The summed E-state index contributed by atoms with van der Waals surface area (Å²) in [6, 6.07) is 7.18. The van der Waals surface area contributed by atoms with Crippen LogP contribution >= 0.6 is 11.8 Å². The smallest absolute Gasteiger partial charge is 0.341 e. The number of amides is 1. The molecule has 0 aliphatic carbocycles. The molecule has 1 N–H and O–H groups in total. The van der Waals surface area contributed by atoms with Crippen molar-refractivity contribution in [2.45, 2.75) is 19.4 Å². The molecule has 120 valence electrons. The van der Waals surface area contributed by atoms with Gasteiger partial charge in [-0.1, -0.05) is 12.1 Å². The van der Waals surface area contributed by atoms with Crippen LogP contribution in [0.2, 0.25) is 0 Å². The van der Waals surface area contributed by atoms with Crippen LogP contribution in [0.4, 0.5) is 0 Å². The van der Waals surface area contributed by atoms with Crippen molar-refractivity contribution < 1.29 is 19.4 Å². The SMILES string of the molecule is CN(Cc1ccc(OCC(=O)O)cc1)C(=O)C1CCSCC1. The van der Waals surface area contributed by atoms with E-state index < -0.39 is 5.97 Å². The zero-order valence-electron chi connectivity index (χ0n) is 12.7. The number of carbonyl (C=O) groups excluding carboxylic acids is 1. The maximum absolute atomic E-state index is 12.4. The zero-order chi connectivity index (χ0) is 15.9. The van der Waals surface area contributed by atoms with Crippen LogP contribution in [0.5, 0.6) is 5.75 Å². The number of nitrogens with zero attached hydrogens (tertiary/aromatic N) is 1. The van der Waals surface area contributed by atoms with Crippen LogP contribution in [-0.2, 0) is 16.1 Å². The standard InChI is InChI=1S/C16H21NO4S/c1-17(16(20)13-6-8-22-9-7-13)10-12-2-4-14(5-3-12)21-11-15(18)19/h2-5,13H,6-11H2,1H3,(H,18,19). The third kappa shape index (κ3) is 4.94. The summed E-state index contributed by atoms with van der Waals surface area (Å²) in [7, 11) is 1.83. The molecular weight excluding hydrogens is 302 g/mol. The molecule has 0 radical (unpaired) electrons. The molecule has 0 atom stereocenters. The van der Waals surface area contributed by atoms with Gasteiger partial charge in [0.1, 0.15) is 5.75 Å². The number of ether oxygens (including phenoxy) is 1. The molecule has 0 spiro atoms. The van der Waals surface area contributed by atoms with Crippen LogP contribution in [0.25, 0.3) is 0 Å². The molecule has 2 rings (SSSR count). The van der Waals surface area contributed by atoms with Crippen molar-refractivity contribution in [1.29, 1.82) is 0 Å². The molecule has 0 aromatic heterocycles. The molecule has 1 saturated heterocycles. The number of hydrogen-bond donors (Lipinski definition) is 1. The number of benzene rings is 1. The van der Waals surface area contributed by atoms with Crippen LogP contribution < -0.4 is 4.74 Å². The van der Waals surface area contributed by atoms with E-state index in [9.17, 15) is 9.59 Å². The van der Waals surface area contributed by atoms with Gasteiger partial charge in [0, 0.05) is 19.5 Å². The maximum Gasteiger partial charge on any atom is 0.341 e. The van der Waals surface area contributed by atoms with E-state index in [1.807, 2.05) is 30.9 Å². The van der Waals surface area contributed by atoms with E-state index >= 15 is 0 Å². The normalized spacial score (nSPS) is 15.3. The van der Waals surface area contributed by atoms with E-state index in [1.165, 1.54) is 0 Å². The first-order valence-electron chi connectivity index (χ1n) is 7.32. The Morgan fingerprint density at radius 2 is 1.91 bits per heavy atom. The van der Waals surface area contributed by atoms with Crippen molar-refractivity contribution in [3.8, 4) is 5.75 Å². The average molecular weight is 323 g/mol. The third-order valence-corrected chi connectivity index (χ3v) is 4.70. The molecule has 1 aromatic rings. The topological polar surface area (TPSA) is 66.8 Å². The minimum atomic E-state index is -1.000. The summed E-state index contributed by atoms with van der Waals surface area (Å²) in [6.45, 7) is 0.207. The van der Waals surface area contributed by atoms with Gasteiger partial charge in [-0.25, -0.2) is 4.79 Å². The van der Waals surface area contributed by atoms with Gasteiger partial charge in [0.2, 0.25) is 5.91 Å². The van der Waals surface area contributed by atoms with Crippen molar-refractivity contribution in [3.63, 3.8) is 0 Å². The van der Waals surface area contributed by atoms with Gasteiger partial charge >= 0.3 is 5.97 Å². The van der Waals surface area contributed by atoms with Gasteiger partial charge in [-0.3, -0.25) is 4.79 Å². The van der Waals surface area contributed by atoms with Crippen molar-refractivity contribution in [1.82, 2.24) is 4.90 Å². The highest BCUT2D eigenvalue weighted by Crippen LogP contribution is 2.24. The molecule has 22 heavy (non-hydrogen) atoms. The summed E-state index contributed by atoms with van der Waals surface area (Å²) in [5.74, 6) is 2.03. The van der Waals surface area contributed by atoms with Crippen LogP contribution in [0.1, 0.15) is 18.4 Å². The lowest BCUT2D eigenvalue weighted by Gasteiger charge is -2.26. The average Bonchev–Trinajstić information content (AvgIpc) is 2.54. The fraction of sp³-hybridized carbons (Fsp3) is 0.500. The fourth-order valence-corrected chi connectivity index (χ4v) is 3.55. The molecule has 1 aliphatic heterocycles. The van der Waals surface area contributed by atoms with Gasteiger partial charge in [-0.2, -0.15) is 11.8 Å². The highest BCUT2D eigenvalue weighted by molar-refractivity contribution is 7.99. The Morgan fingerprint density at radius 3 is 2.50 bits per heavy atom. The van der Waals surface area contributed by atoms with Gasteiger partial charge < -0.3 is 14.7 Å². The summed E-state index contributed by atoms with van der Waals surface area (Å²) < 4.78 is 5.09. The monoisotopic (exact) mass is 323 g/mol. The highest BCUT2D eigenvalue weighted by Gasteiger charge is 2.24. The Balaban J connectivity index is 1.86. The molecule has 1 heterocycles. The van der Waals surface area contributed by atoms with Crippen LogP contribution in [0.15, 0.2) is 24.3 Å². The van der Waals surface area contributed by atoms with E-state index in [0.717, 1.165) is 29.9 Å². The molecule has 1 amide bonds. The number of carbonyl (C=O) groups is 2. The molecule has 6 heteroatoms. The van der Waals surface area contributed by atoms with Gasteiger partial charge in [-0.15, -0.1) is 0 Å². The lowest BCUT2D eigenvalue weighted by atomic mass is 10.0. The molecule has 0 unspecified atom stereocenters. The summed E-state index contributed by atoms with van der Waals surface area (Å²) in [5.41, 5.74) is 1.00. The van der Waals surface area contributed by atoms with Crippen molar-refractivity contribution in [2.24, 2.45) is 5.92 Å². The van der Waals surface area contributed by atoms with Crippen molar-refractivity contribution in [2.75, 3.05) is 25.2 Å². The van der Waals surface area contributed by atoms with E-state index in [4.69, 9.17) is 9.84 Å². The zero-order valence-corrected chi connectivity index (χ0v) is 13.5. The molecule has 1 fully saturated rings. The van der Waals surface area contributed by atoms with Crippen molar-refractivity contribution in [3.05, 3.63) is 29.8 Å². The van der Waals surface area contributed by atoms with Gasteiger partial charge in [0.15, 0.2) is 6.61 Å². The van der Waals surface area contributed by atoms with Crippen LogP contribution in [0, 0.1) is 5.92 Å². The number of thioether (sulfide) groups is 1. The Bertz CT molecular complexity index is 511. The summed E-state index contributed by atoms with van der Waals surface area (Å²) in [4.78, 5) is 24.6. The number of rotatable bonds is 6. The van der Waals surface area contributed by atoms with E-state index in [0.29, 0.717) is 12.3 Å². The fourth-order valence-electron chi connectivity index (χ4n) is 2.44. The van der Waals surface area contributed by atoms with Crippen molar-refractivity contribution >= 4 is 23.6 Å². The minimum Gasteiger partial charge on any atom is -0.482 e. The summed E-state index contributed by atoms with van der Waals surface area (Å²) >= 11 is 1.91. The minimum absolute atomic E-state index is 0.157. The second kappa shape index (κ2) is 8.08. The molecule has 0 saturated carbocycles. The quantitative estimate of drug-likeness (QED) is 0.870. The lowest BCUT2D eigenvalue weighted by Crippen LogP contribution is -2.34. The molecule has 1 aliphatic rings. The second-order valence-corrected chi connectivity index (χ2v) is 6.63. The Kier molecular flexibility index (Phi) is 6.12. The predicted octanol–water partition coefficient (Wildman–Crippen LogP) is 2.25. The first-order chi connectivity index (χ1) is 10.6. The second-order valence-electron chi connectivity index (χ2n) is 5.41. The predicted molar refractivity (Wildman–Crippen MR) is 86.1 cm³/mol. The molecule has 1 aromatic carbocycles. The van der Waals surface area contributed by atoms with E-state index in [1.54, 1.807) is 17.0 Å². The first kappa shape index (κ1) is 16.7. The summed E-state index contributed by atoms with van der Waals surface area (Å²) in [6.07, 6.45) is 1.94. The van der Waals surface area contributed by atoms with Gasteiger partial charge in [0.05, 0.1) is 0 Å². The highest BCUT2D eigenvalue weighted by atomic mass is 32.2. The lowest BCUT2D eigenvalue weighted by molar-refractivity contribution is -0.139. The van der Waals surface area contributed by atoms with Crippen LogP contribution in [-0.4, -0.2) is 47.0 Å². The largest absolute Gasteiger partial charge is 0.482 e. The van der Waals surface area contributed by atoms with Gasteiger partial charge in [0.25, 0.3) is 0 Å². The summed E-state index contributed by atoms with van der Waals surface area (Å²) in [5, 5.41) is 8.56. The number of hydrogen-bond acceptors (Lipinski definition) is 4. The first-order valence-corrected chi connectivity index (χ1v) is 8.48. The molecular formula is C16H21NO4S. The number of aliphatic carboxylic acids is 1. The Hall–Kier alpha value is -1.69. The number of carboxylic acids is 1.